The minimum absolute atomic E-state index is 0.194. The number of likely N-dealkylation sites (N-methyl/N-ethyl adjacent to an activating group) is 1. The molecule has 2 rings (SSSR count). The Balaban J connectivity index is 1.55. The molecular formula is C19H31N3O. The van der Waals surface area contributed by atoms with E-state index in [4.69, 9.17) is 0 Å². The minimum atomic E-state index is 0.194. The second-order valence-corrected chi connectivity index (χ2v) is 6.83. The average Bonchev–Trinajstić information content (AvgIpc) is 2.56. The highest BCUT2D eigenvalue weighted by Gasteiger charge is 2.14. The number of rotatable bonds is 8. The van der Waals surface area contributed by atoms with E-state index in [0.717, 1.165) is 52.1 Å². The maximum Gasteiger partial charge on any atom is 0.220 e. The number of carbonyl (C=O) groups is 1. The lowest BCUT2D eigenvalue weighted by molar-refractivity contribution is -0.122. The fourth-order valence-electron chi connectivity index (χ4n) is 2.97. The van der Waals surface area contributed by atoms with Crippen molar-refractivity contribution in [1.82, 2.24) is 15.1 Å². The van der Waals surface area contributed by atoms with Crippen LogP contribution in [0.25, 0.3) is 0 Å². The summed E-state index contributed by atoms with van der Waals surface area (Å²) in [7, 11) is 2.16. The van der Waals surface area contributed by atoms with Gasteiger partial charge in [-0.15, -0.1) is 0 Å². The van der Waals surface area contributed by atoms with Gasteiger partial charge in [-0.05, 0) is 31.4 Å². The van der Waals surface area contributed by atoms with Crippen LogP contribution in [0.2, 0.25) is 0 Å². The average molecular weight is 317 g/mol. The van der Waals surface area contributed by atoms with Gasteiger partial charge >= 0.3 is 0 Å². The summed E-state index contributed by atoms with van der Waals surface area (Å²) in [5.74, 6) is 0.624. The van der Waals surface area contributed by atoms with E-state index in [2.05, 4.69) is 53.4 Å². The number of hydrogen-bond donors (Lipinski definition) is 1. The first-order valence-corrected chi connectivity index (χ1v) is 8.85. The molecule has 4 nitrogen and oxygen atoms in total. The predicted molar refractivity (Wildman–Crippen MR) is 95.5 cm³/mol. The third-order valence-corrected chi connectivity index (χ3v) is 4.65. The molecule has 1 aliphatic rings. The van der Waals surface area contributed by atoms with E-state index < -0.39 is 0 Å². The van der Waals surface area contributed by atoms with Crippen molar-refractivity contribution in [1.29, 1.82) is 0 Å². The molecule has 1 N–H and O–H groups in total. The van der Waals surface area contributed by atoms with E-state index in [-0.39, 0.29) is 5.91 Å². The molecule has 1 heterocycles. The monoisotopic (exact) mass is 317 g/mol. The number of aryl methyl sites for hydroxylation is 1. The van der Waals surface area contributed by atoms with Crippen LogP contribution >= 0.6 is 0 Å². The zero-order chi connectivity index (χ0) is 16.5. The van der Waals surface area contributed by atoms with Crippen molar-refractivity contribution >= 4 is 5.91 Å². The highest BCUT2D eigenvalue weighted by molar-refractivity contribution is 5.76. The van der Waals surface area contributed by atoms with E-state index in [0.29, 0.717) is 12.3 Å². The quantitative estimate of drug-likeness (QED) is 0.797. The Hall–Kier alpha value is -1.39. The number of piperazine rings is 1. The summed E-state index contributed by atoms with van der Waals surface area (Å²) in [6, 6.07) is 10.5. The Bertz CT molecular complexity index is 455. The molecule has 0 aromatic heterocycles. The summed E-state index contributed by atoms with van der Waals surface area (Å²) >= 11 is 0. The van der Waals surface area contributed by atoms with Crippen LogP contribution in [0.3, 0.4) is 0 Å². The van der Waals surface area contributed by atoms with Gasteiger partial charge in [-0.2, -0.15) is 0 Å². The molecule has 0 bridgehead atoms. The van der Waals surface area contributed by atoms with Crippen molar-refractivity contribution in [3.63, 3.8) is 0 Å². The Morgan fingerprint density at radius 2 is 1.87 bits per heavy atom. The molecule has 1 atom stereocenters. The lowest BCUT2D eigenvalue weighted by Crippen LogP contribution is -2.47. The molecule has 23 heavy (non-hydrogen) atoms. The molecule has 0 aliphatic carbocycles. The number of benzene rings is 1. The van der Waals surface area contributed by atoms with Crippen LogP contribution < -0.4 is 5.32 Å². The molecule has 0 spiro atoms. The van der Waals surface area contributed by atoms with Gasteiger partial charge in [-0.1, -0.05) is 37.3 Å². The normalized spacial score (nSPS) is 17.8. The van der Waals surface area contributed by atoms with Crippen LogP contribution in [0, 0.1) is 5.92 Å². The molecular weight excluding hydrogens is 286 g/mol. The second-order valence-electron chi connectivity index (χ2n) is 6.83. The Kier molecular flexibility index (Phi) is 7.56. The lowest BCUT2D eigenvalue weighted by Gasteiger charge is -2.32. The molecule has 1 aliphatic heterocycles. The van der Waals surface area contributed by atoms with E-state index in [1.165, 1.54) is 5.56 Å². The van der Waals surface area contributed by atoms with Crippen molar-refractivity contribution in [3.8, 4) is 0 Å². The van der Waals surface area contributed by atoms with Gasteiger partial charge in [-0.25, -0.2) is 0 Å². The molecule has 0 radical (unpaired) electrons. The molecule has 4 heteroatoms. The summed E-state index contributed by atoms with van der Waals surface area (Å²) in [5, 5.41) is 3.08. The second kappa shape index (κ2) is 9.68. The van der Waals surface area contributed by atoms with Gasteiger partial charge in [0.1, 0.15) is 0 Å². The minimum Gasteiger partial charge on any atom is -0.355 e. The molecule has 1 saturated heterocycles. The molecule has 128 valence electrons. The van der Waals surface area contributed by atoms with Crippen molar-refractivity contribution in [2.75, 3.05) is 46.3 Å². The van der Waals surface area contributed by atoms with E-state index in [1.807, 2.05) is 6.07 Å². The summed E-state index contributed by atoms with van der Waals surface area (Å²) in [6.45, 7) is 8.39. The fourth-order valence-corrected chi connectivity index (χ4v) is 2.97. The highest BCUT2D eigenvalue weighted by Crippen LogP contribution is 2.12. The van der Waals surface area contributed by atoms with Gasteiger partial charge in [-0.3, -0.25) is 9.69 Å². The van der Waals surface area contributed by atoms with Crippen LogP contribution in [-0.2, 0) is 11.2 Å². The van der Waals surface area contributed by atoms with Gasteiger partial charge in [0.2, 0.25) is 5.91 Å². The summed E-state index contributed by atoms with van der Waals surface area (Å²) in [4.78, 5) is 16.8. The number of carbonyl (C=O) groups excluding carboxylic acids is 1. The van der Waals surface area contributed by atoms with Crippen LogP contribution in [0.4, 0.5) is 0 Å². The highest BCUT2D eigenvalue weighted by atomic mass is 16.1. The van der Waals surface area contributed by atoms with Crippen LogP contribution in [0.1, 0.15) is 25.3 Å². The Morgan fingerprint density at radius 1 is 1.17 bits per heavy atom. The number of amides is 1. The first-order chi connectivity index (χ1) is 11.1. The standard InChI is InChI=1S/C19H31N3O/c1-17(8-9-18-6-4-3-5-7-18)16-19(23)20-10-11-22-14-12-21(2)13-15-22/h3-7,17H,8-16H2,1-2H3,(H,20,23). The van der Waals surface area contributed by atoms with Crippen molar-refractivity contribution < 1.29 is 4.79 Å². The first-order valence-electron chi connectivity index (χ1n) is 8.85. The van der Waals surface area contributed by atoms with Gasteiger partial charge in [0.25, 0.3) is 0 Å². The van der Waals surface area contributed by atoms with E-state index in [1.54, 1.807) is 0 Å². The maximum atomic E-state index is 12.0. The van der Waals surface area contributed by atoms with Gasteiger partial charge in [0.05, 0.1) is 0 Å². The third-order valence-electron chi connectivity index (χ3n) is 4.65. The smallest absolute Gasteiger partial charge is 0.220 e. The zero-order valence-corrected chi connectivity index (χ0v) is 14.6. The van der Waals surface area contributed by atoms with Crippen LogP contribution in [0.15, 0.2) is 30.3 Å². The van der Waals surface area contributed by atoms with Crippen molar-refractivity contribution in [3.05, 3.63) is 35.9 Å². The van der Waals surface area contributed by atoms with Gasteiger partial charge in [0.15, 0.2) is 0 Å². The van der Waals surface area contributed by atoms with Gasteiger partial charge in [0, 0.05) is 45.7 Å². The lowest BCUT2D eigenvalue weighted by atomic mass is 9.98. The van der Waals surface area contributed by atoms with Crippen molar-refractivity contribution in [2.45, 2.75) is 26.2 Å². The number of hydrogen-bond acceptors (Lipinski definition) is 3. The predicted octanol–water partition coefficient (Wildman–Crippen LogP) is 2.01. The van der Waals surface area contributed by atoms with Crippen LogP contribution in [-0.4, -0.2) is 62.0 Å². The third kappa shape index (κ3) is 7.14. The number of nitrogens with zero attached hydrogens (tertiary/aromatic N) is 2. The largest absolute Gasteiger partial charge is 0.355 e. The van der Waals surface area contributed by atoms with Gasteiger partial charge < -0.3 is 10.2 Å². The molecule has 1 fully saturated rings. The van der Waals surface area contributed by atoms with E-state index in [9.17, 15) is 4.79 Å². The molecule has 1 amide bonds. The molecule has 0 saturated carbocycles. The first kappa shape index (κ1) is 18.0. The fraction of sp³-hybridized carbons (Fsp3) is 0.632. The molecule has 1 unspecified atom stereocenters. The van der Waals surface area contributed by atoms with Crippen LogP contribution in [0.5, 0.6) is 0 Å². The SMILES string of the molecule is CC(CCc1ccccc1)CC(=O)NCCN1CCN(C)CC1. The topological polar surface area (TPSA) is 35.6 Å². The summed E-state index contributed by atoms with van der Waals surface area (Å²) in [5.41, 5.74) is 1.36. The summed E-state index contributed by atoms with van der Waals surface area (Å²) in [6.07, 6.45) is 2.75. The van der Waals surface area contributed by atoms with Crippen molar-refractivity contribution in [2.24, 2.45) is 5.92 Å². The number of nitrogens with one attached hydrogen (secondary N) is 1. The molecule has 1 aromatic carbocycles. The van der Waals surface area contributed by atoms with E-state index >= 15 is 0 Å². The Morgan fingerprint density at radius 3 is 2.57 bits per heavy atom. The zero-order valence-electron chi connectivity index (χ0n) is 14.6. The molecule has 1 aromatic rings. The maximum absolute atomic E-state index is 12.0. The Labute approximate surface area is 140 Å². The summed E-state index contributed by atoms with van der Waals surface area (Å²) < 4.78 is 0.